The van der Waals surface area contributed by atoms with Crippen molar-refractivity contribution in [1.82, 2.24) is 19.5 Å². The molecule has 11 nitrogen and oxygen atoms in total. The third kappa shape index (κ3) is 3.43. The molecule has 0 bridgehead atoms. The number of anilines is 3. The highest BCUT2D eigenvalue weighted by atomic mass is 35.5. The number of ether oxygens (including phenoxy) is 2. The summed E-state index contributed by atoms with van der Waals surface area (Å²) in [5, 5.41) is 33.0. The molecule has 29 heavy (non-hydrogen) atoms. The zero-order valence-electron chi connectivity index (χ0n) is 15.2. The van der Waals surface area contributed by atoms with Crippen LogP contribution in [0.2, 0.25) is 5.02 Å². The number of hydrogen-bond donors (Lipinski definition) is 5. The predicted molar refractivity (Wildman–Crippen MR) is 104 cm³/mol. The summed E-state index contributed by atoms with van der Waals surface area (Å²) in [5.74, 6) is 0.808. The fourth-order valence-corrected chi connectivity index (χ4v) is 3.42. The van der Waals surface area contributed by atoms with Gasteiger partial charge < -0.3 is 35.8 Å². The van der Waals surface area contributed by atoms with Crippen molar-refractivity contribution in [3.05, 3.63) is 29.5 Å². The lowest BCUT2D eigenvalue weighted by Crippen LogP contribution is -2.33. The van der Waals surface area contributed by atoms with Gasteiger partial charge in [-0.05, 0) is 18.2 Å². The maximum atomic E-state index is 10.3. The number of methoxy groups -OCH3 is 1. The zero-order valence-corrected chi connectivity index (χ0v) is 16.0. The van der Waals surface area contributed by atoms with E-state index in [2.05, 4.69) is 20.3 Å². The minimum absolute atomic E-state index is 0.114. The van der Waals surface area contributed by atoms with Gasteiger partial charge in [-0.2, -0.15) is 9.97 Å². The number of fused-ring (bicyclic) bond motifs is 1. The molecular formula is C17H19ClN6O5. The van der Waals surface area contributed by atoms with Crippen LogP contribution in [0, 0.1) is 0 Å². The predicted octanol–water partition coefficient (Wildman–Crippen LogP) is 0.426. The zero-order chi connectivity index (χ0) is 20.7. The van der Waals surface area contributed by atoms with Crippen molar-refractivity contribution in [3.8, 4) is 5.75 Å². The summed E-state index contributed by atoms with van der Waals surface area (Å²) >= 11 is 6.14. The van der Waals surface area contributed by atoms with E-state index in [1.165, 1.54) is 18.0 Å². The third-order valence-corrected chi connectivity index (χ3v) is 4.94. The Balaban J connectivity index is 1.69. The minimum Gasteiger partial charge on any atom is -0.495 e. The quantitative estimate of drug-likeness (QED) is 0.389. The number of aliphatic hydroxyl groups excluding tert-OH is 3. The first kappa shape index (κ1) is 19.6. The first-order valence-corrected chi connectivity index (χ1v) is 9.03. The molecule has 6 N–H and O–H groups in total. The van der Waals surface area contributed by atoms with Crippen LogP contribution in [0.5, 0.6) is 5.75 Å². The number of hydrogen-bond acceptors (Lipinski definition) is 10. The van der Waals surface area contributed by atoms with Gasteiger partial charge >= 0.3 is 0 Å². The number of imidazole rings is 1. The Labute approximate surface area is 169 Å². The number of benzene rings is 1. The van der Waals surface area contributed by atoms with Gasteiger partial charge in [0.05, 0.1) is 25.1 Å². The van der Waals surface area contributed by atoms with Crippen molar-refractivity contribution in [2.24, 2.45) is 0 Å². The number of rotatable bonds is 5. The molecule has 2 unspecified atom stereocenters. The molecule has 0 saturated carbocycles. The van der Waals surface area contributed by atoms with Crippen LogP contribution in [-0.2, 0) is 4.74 Å². The smallest absolute Gasteiger partial charge is 0.231 e. The molecule has 1 fully saturated rings. The second-order valence-electron chi connectivity index (χ2n) is 6.46. The van der Waals surface area contributed by atoms with E-state index >= 15 is 0 Å². The third-order valence-electron chi connectivity index (χ3n) is 4.65. The van der Waals surface area contributed by atoms with Crippen LogP contribution in [-0.4, -0.2) is 66.9 Å². The number of nitrogens with one attached hydrogen (secondary N) is 1. The van der Waals surface area contributed by atoms with Crippen molar-refractivity contribution in [3.63, 3.8) is 0 Å². The fraction of sp³-hybridized carbons (Fsp3) is 0.353. The summed E-state index contributed by atoms with van der Waals surface area (Å²) in [5.41, 5.74) is 7.21. The number of nitrogens with zero attached hydrogens (tertiary/aromatic N) is 4. The lowest BCUT2D eigenvalue weighted by molar-refractivity contribution is -0.0511. The van der Waals surface area contributed by atoms with E-state index in [1.807, 2.05) is 0 Å². The maximum Gasteiger partial charge on any atom is 0.231 e. The maximum absolute atomic E-state index is 10.3. The van der Waals surface area contributed by atoms with Gasteiger partial charge in [-0.25, -0.2) is 4.98 Å². The summed E-state index contributed by atoms with van der Waals surface area (Å²) in [4.78, 5) is 12.8. The second kappa shape index (κ2) is 7.61. The molecule has 1 saturated heterocycles. The molecular weight excluding hydrogens is 404 g/mol. The van der Waals surface area contributed by atoms with Gasteiger partial charge in [0, 0.05) is 5.69 Å². The molecule has 0 spiro atoms. The number of aromatic nitrogens is 4. The average molecular weight is 423 g/mol. The van der Waals surface area contributed by atoms with Crippen LogP contribution in [0.3, 0.4) is 0 Å². The first-order valence-electron chi connectivity index (χ1n) is 8.66. The van der Waals surface area contributed by atoms with Crippen LogP contribution in [0.25, 0.3) is 11.2 Å². The molecule has 3 aromatic rings. The standard InChI is InChI=1S/C17H19ClN6O5/c1-28-9-3-2-7(4-8(9)18)21-17-22-14(19)11-15(23-17)24(6-20-11)16-13(27)12(26)10(5-25)29-16/h2-4,6,10,12-13,16,25-27H,5H2,1H3,(H3,19,21,22,23)/t10-,12?,13?,16-/m1/s1. The molecule has 4 rings (SSSR count). The Kier molecular flexibility index (Phi) is 5.15. The summed E-state index contributed by atoms with van der Waals surface area (Å²) in [6.45, 7) is -0.441. The summed E-state index contributed by atoms with van der Waals surface area (Å²) in [6, 6.07) is 5.07. The average Bonchev–Trinajstić information content (AvgIpc) is 3.24. The summed E-state index contributed by atoms with van der Waals surface area (Å²) in [7, 11) is 1.52. The summed E-state index contributed by atoms with van der Waals surface area (Å²) < 4.78 is 12.1. The van der Waals surface area contributed by atoms with Gasteiger partial charge in [-0.15, -0.1) is 0 Å². The Hall–Kier alpha value is -2.70. The van der Waals surface area contributed by atoms with Gasteiger partial charge in [-0.3, -0.25) is 4.57 Å². The molecule has 1 aliphatic rings. The van der Waals surface area contributed by atoms with E-state index in [1.54, 1.807) is 18.2 Å². The topological polar surface area (TPSA) is 161 Å². The summed E-state index contributed by atoms with van der Waals surface area (Å²) in [6.07, 6.45) is -3.07. The van der Waals surface area contributed by atoms with E-state index in [0.717, 1.165) is 0 Å². The number of nitrogens with two attached hydrogens (primary N) is 1. The normalized spacial score (nSPS) is 24.2. The fourth-order valence-electron chi connectivity index (χ4n) is 3.16. The van der Waals surface area contributed by atoms with E-state index in [-0.39, 0.29) is 17.4 Å². The van der Waals surface area contributed by atoms with E-state index in [0.29, 0.717) is 22.0 Å². The van der Waals surface area contributed by atoms with Crippen molar-refractivity contribution in [2.75, 3.05) is 24.8 Å². The van der Waals surface area contributed by atoms with E-state index < -0.39 is 31.1 Å². The lowest BCUT2D eigenvalue weighted by Gasteiger charge is -2.17. The lowest BCUT2D eigenvalue weighted by atomic mass is 10.1. The molecule has 3 heterocycles. The Bertz CT molecular complexity index is 1050. The SMILES string of the molecule is COc1ccc(Nc2nc(N)c3ncn([C@@H]4O[C@H](CO)C(O)C4O)c3n2)cc1Cl. The van der Waals surface area contributed by atoms with E-state index in [4.69, 9.17) is 26.8 Å². The van der Waals surface area contributed by atoms with Gasteiger partial charge in [0.2, 0.25) is 5.95 Å². The monoisotopic (exact) mass is 422 g/mol. The minimum atomic E-state index is -1.28. The molecule has 1 aliphatic heterocycles. The van der Waals surface area contributed by atoms with Gasteiger partial charge in [-0.1, -0.05) is 11.6 Å². The van der Waals surface area contributed by atoms with Crippen molar-refractivity contribution in [1.29, 1.82) is 0 Å². The molecule has 2 aromatic heterocycles. The van der Waals surface area contributed by atoms with Crippen LogP contribution in [0.1, 0.15) is 6.23 Å². The molecule has 0 radical (unpaired) electrons. The highest BCUT2D eigenvalue weighted by Gasteiger charge is 2.44. The first-order chi connectivity index (χ1) is 13.9. The second-order valence-corrected chi connectivity index (χ2v) is 6.87. The Morgan fingerprint density at radius 2 is 2.10 bits per heavy atom. The van der Waals surface area contributed by atoms with Gasteiger partial charge in [0.15, 0.2) is 17.7 Å². The molecule has 154 valence electrons. The number of nitrogen functional groups attached to an aromatic ring is 1. The molecule has 0 aliphatic carbocycles. The van der Waals surface area contributed by atoms with Crippen LogP contribution in [0.4, 0.5) is 17.5 Å². The van der Waals surface area contributed by atoms with Gasteiger partial charge in [0.25, 0.3) is 0 Å². The van der Waals surface area contributed by atoms with Crippen molar-refractivity contribution < 1.29 is 24.8 Å². The van der Waals surface area contributed by atoms with Crippen molar-refractivity contribution >= 4 is 40.2 Å². The Morgan fingerprint density at radius 3 is 2.76 bits per heavy atom. The number of halogens is 1. The highest BCUT2D eigenvalue weighted by molar-refractivity contribution is 6.32. The molecule has 12 heteroatoms. The van der Waals surface area contributed by atoms with E-state index in [9.17, 15) is 15.3 Å². The number of aliphatic hydroxyl groups is 3. The van der Waals surface area contributed by atoms with Crippen LogP contribution >= 0.6 is 11.6 Å². The Morgan fingerprint density at radius 1 is 1.31 bits per heavy atom. The van der Waals surface area contributed by atoms with Crippen molar-refractivity contribution in [2.45, 2.75) is 24.5 Å². The molecule has 1 aromatic carbocycles. The largest absolute Gasteiger partial charge is 0.495 e. The van der Waals surface area contributed by atoms with Crippen LogP contribution < -0.4 is 15.8 Å². The molecule has 4 atom stereocenters. The van der Waals surface area contributed by atoms with Gasteiger partial charge in [0.1, 0.15) is 29.6 Å². The molecule has 0 amide bonds. The van der Waals surface area contributed by atoms with Crippen LogP contribution in [0.15, 0.2) is 24.5 Å². The highest BCUT2D eigenvalue weighted by Crippen LogP contribution is 2.33.